The van der Waals surface area contributed by atoms with Crippen LogP contribution in [0, 0.1) is 0 Å². The molecule has 0 fully saturated rings. The lowest BCUT2D eigenvalue weighted by molar-refractivity contribution is -0.133. The number of benzene rings is 1. The van der Waals surface area contributed by atoms with Gasteiger partial charge in [0.15, 0.2) is 0 Å². The minimum Gasteiger partial charge on any atom is -0.395 e. The van der Waals surface area contributed by atoms with E-state index >= 15 is 0 Å². The van der Waals surface area contributed by atoms with Crippen molar-refractivity contribution in [2.45, 2.75) is 32.2 Å². The van der Waals surface area contributed by atoms with Crippen molar-refractivity contribution < 1.29 is 9.90 Å². The van der Waals surface area contributed by atoms with Crippen molar-refractivity contribution >= 4 is 5.91 Å². The van der Waals surface area contributed by atoms with Gasteiger partial charge < -0.3 is 14.6 Å². The first-order valence-electron chi connectivity index (χ1n) is 7.83. The number of carbonyl (C=O) groups is 1. The number of rotatable bonds is 7. The second kappa shape index (κ2) is 7.42. The van der Waals surface area contributed by atoms with E-state index in [9.17, 15) is 9.90 Å². The topological polar surface area (TPSA) is 58.4 Å². The molecule has 0 aliphatic heterocycles. The minimum atomic E-state index is -0.251. The molecule has 0 aliphatic carbocycles. The van der Waals surface area contributed by atoms with E-state index in [2.05, 4.69) is 18.8 Å². The molecule has 0 radical (unpaired) electrons. The lowest BCUT2D eigenvalue weighted by Gasteiger charge is -2.29. The summed E-state index contributed by atoms with van der Waals surface area (Å²) in [6, 6.07) is 10.0. The summed E-state index contributed by atoms with van der Waals surface area (Å²) in [4.78, 5) is 18.5. The Morgan fingerprint density at radius 2 is 2.00 bits per heavy atom. The maximum Gasteiger partial charge on any atom is 0.223 e. The average molecular weight is 315 g/mol. The first kappa shape index (κ1) is 17.2. The first-order chi connectivity index (χ1) is 10.9. The third-order valence-electron chi connectivity index (χ3n) is 4.14. The molecule has 5 heteroatoms. The number of hydrogen-bond acceptors (Lipinski definition) is 3. The molecule has 0 saturated carbocycles. The lowest BCUT2D eigenvalue weighted by atomic mass is 9.81. The van der Waals surface area contributed by atoms with Crippen molar-refractivity contribution in [2.75, 3.05) is 13.2 Å². The molecular formula is C18H25N3O2. The van der Waals surface area contributed by atoms with Crippen LogP contribution in [0.3, 0.4) is 0 Å². The van der Waals surface area contributed by atoms with Crippen LogP contribution in [0.15, 0.2) is 42.9 Å². The quantitative estimate of drug-likeness (QED) is 0.851. The van der Waals surface area contributed by atoms with Crippen molar-refractivity contribution in [1.82, 2.24) is 14.5 Å². The highest BCUT2D eigenvalue weighted by atomic mass is 16.3. The number of aliphatic hydroxyl groups excluding tert-OH is 1. The normalized spacial score (nSPS) is 11.5. The molecule has 2 aromatic rings. The Morgan fingerprint density at radius 1 is 1.30 bits per heavy atom. The van der Waals surface area contributed by atoms with Crippen LogP contribution >= 0.6 is 0 Å². The number of nitrogens with zero attached hydrogens (tertiary/aromatic N) is 3. The third-order valence-corrected chi connectivity index (χ3v) is 4.14. The fraction of sp³-hybridized carbons (Fsp3) is 0.444. The number of imidazole rings is 1. The van der Waals surface area contributed by atoms with Gasteiger partial charge in [-0.2, -0.15) is 0 Å². The molecule has 0 atom stereocenters. The zero-order valence-corrected chi connectivity index (χ0v) is 14.1. The summed E-state index contributed by atoms with van der Waals surface area (Å²) in [6.45, 7) is 4.88. The average Bonchev–Trinajstić information content (AvgIpc) is 2.92. The van der Waals surface area contributed by atoms with Gasteiger partial charge in [0.25, 0.3) is 0 Å². The van der Waals surface area contributed by atoms with Crippen molar-refractivity contribution in [1.29, 1.82) is 0 Å². The van der Waals surface area contributed by atoms with Gasteiger partial charge in [0.2, 0.25) is 5.91 Å². The molecule has 2 rings (SSSR count). The van der Waals surface area contributed by atoms with Gasteiger partial charge in [0.1, 0.15) is 0 Å². The van der Waals surface area contributed by atoms with E-state index in [4.69, 9.17) is 0 Å². The van der Waals surface area contributed by atoms with E-state index in [0.29, 0.717) is 19.5 Å². The predicted octanol–water partition coefficient (Wildman–Crippen LogP) is 2.11. The maximum atomic E-state index is 12.7. The number of aromatic nitrogens is 2. The highest BCUT2D eigenvalue weighted by Gasteiger charge is 2.27. The summed E-state index contributed by atoms with van der Waals surface area (Å²) in [7, 11) is 1.90. The highest BCUT2D eigenvalue weighted by Crippen LogP contribution is 2.27. The van der Waals surface area contributed by atoms with Gasteiger partial charge in [0.05, 0.1) is 25.2 Å². The van der Waals surface area contributed by atoms with Crippen molar-refractivity contribution in [3.63, 3.8) is 0 Å². The Morgan fingerprint density at radius 3 is 2.57 bits per heavy atom. The number of hydrogen-bond donors (Lipinski definition) is 1. The van der Waals surface area contributed by atoms with E-state index in [0.717, 1.165) is 11.3 Å². The zero-order chi connectivity index (χ0) is 16.9. The summed E-state index contributed by atoms with van der Waals surface area (Å²) in [6.07, 6.45) is 3.86. The van der Waals surface area contributed by atoms with Crippen LogP contribution in [0.1, 0.15) is 31.5 Å². The molecule has 1 aromatic carbocycles. The van der Waals surface area contributed by atoms with E-state index in [1.807, 2.05) is 41.9 Å². The highest BCUT2D eigenvalue weighted by molar-refractivity contribution is 5.77. The van der Waals surface area contributed by atoms with E-state index in [1.54, 1.807) is 17.4 Å². The minimum absolute atomic E-state index is 0.0362. The van der Waals surface area contributed by atoms with Crippen LogP contribution < -0.4 is 0 Å². The summed E-state index contributed by atoms with van der Waals surface area (Å²) < 4.78 is 1.89. The lowest BCUT2D eigenvalue weighted by Crippen LogP contribution is -2.37. The second-order valence-corrected chi connectivity index (χ2v) is 6.46. The Hall–Kier alpha value is -2.14. The van der Waals surface area contributed by atoms with E-state index in [1.165, 1.54) is 0 Å². The summed E-state index contributed by atoms with van der Waals surface area (Å²) in [5, 5.41) is 9.28. The largest absolute Gasteiger partial charge is 0.395 e. The van der Waals surface area contributed by atoms with E-state index < -0.39 is 0 Å². The number of carbonyl (C=O) groups excluding carboxylic acids is 1. The Bertz CT molecular complexity index is 635. The summed E-state index contributed by atoms with van der Waals surface area (Å²) >= 11 is 0. The molecule has 1 aromatic heterocycles. The smallest absolute Gasteiger partial charge is 0.223 e. The molecule has 1 amide bonds. The molecule has 0 bridgehead atoms. The fourth-order valence-corrected chi connectivity index (χ4v) is 2.63. The molecule has 0 spiro atoms. The van der Waals surface area contributed by atoms with Gasteiger partial charge in [-0.3, -0.25) is 4.79 Å². The van der Waals surface area contributed by atoms with Crippen molar-refractivity contribution in [2.24, 2.45) is 7.05 Å². The monoisotopic (exact) mass is 315 g/mol. The molecule has 23 heavy (non-hydrogen) atoms. The van der Waals surface area contributed by atoms with Gasteiger partial charge in [-0.15, -0.1) is 0 Å². The van der Waals surface area contributed by atoms with Crippen LogP contribution in [0.2, 0.25) is 0 Å². The Labute approximate surface area is 137 Å². The number of aliphatic hydroxyl groups is 1. The SMILES string of the molecule is Cn1cncc1CN(CCO)C(=O)CC(C)(C)c1ccccc1. The van der Waals surface area contributed by atoms with Crippen LogP contribution in [-0.4, -0.2) is 38.6 Å². The van der Waals surface area contributed by atoms with Gasteiger partial charge >= 0.3 is 0 Å². The molecular weight excluding hydrogens is 290 g/mol. The van der Waals surface area contributed by atoms with Crippen LogP contribution in [0.5, 0.6) is 0 Å². The van der Waals surface area contributed by atoms with Gasteiger partial charge in [-0.25, -0.2) is 4.98 Å². The summed E-state index contributed by atoms with van der Waals surface area (Å²) in [5.74, 6) is 0.0362. The standard InChI is InChI=1S/C18H25N3O2/c1-18(2,15-7-5-4-6-8-15)11-17(23)21(9-10-22)13-16-12-19-14-20(16)3/h4-8,12,14,22H,9-11,13H2,1-3H3. The van der Waals surface area contributed by atoms with E-state index in [-0.39, 0.29) is 17.9 Å². The van der Waals surface area contributed by atoms with Crippen LogP contribution in [0.4, 0.5) is 0 Å². The van der Waals surface area contributed by atoms with Crippen LogP contribution in [0.25, 0.3) is 0 Å². The Kier molecular flexibility index (Phi) is 5.55. The summed E-state index contributed by atoms with van der Waals surface area (Å²) in [5.41, 5.74) is 1.83. The number of aryl methyl sites for hydroxylation is 1. The van der Waals surface area contributed by atoms with Gasteiger partial charge in [-0.1, -0.05) is 44.2 Å². The molecule has 0 aliphatic rings. The van der Waals surface area contributed by atoms with Crippen LogP contribution in [-0.2, 0) is 23.8 Å². The fourth-order valence-electron chi connectivity index (χ4n) is 2.63. The first-order valence-corrected chi connectivity index (χ1v) is 7.83. The zero-order valence-electron chi connectivity index (χ0n) is 14.1. The van der Waals surface area contributed by atoms with Crippen molar-refractivity contribution in [3.05, 3.63) is 54.1 Å². The van der Waals surface area contributed by atoms with Crippen molar-refractivity contribution in [3.8, 4) is 0 Å². The Balaban J connectivity index is 2.10. The predicted molar refractivity (Wildman–Crippen MR) is 89.8 cm³/mol. The number of amides is 1. The van der Waals surface area contributed by atoms with Gasteiger partial charge in [0, 0.05) is 26.2 Å². The van der Waals surface area contributed by atoms with Gasteiger partial charge in [-0.05, 0) is 11.0 Å². The second-order valence-electron chi connectivity index (χ2n) is 6.46. The molecule has 0 unspecified atom stereocenters. The molecule has 124 valence electrons. The molecule has 1 N–H and O–H groups in total. The third kappa shape index (κ3) is 4.42. The molecule has 0 saturated heterocycles. The maximum absolute atomic E-state index is 12.7. The molecule has 1 heterocycles. The molecule has 5 nitrogen and oxygen atoms in total.